The van der Waals surface area contributed by atoms with Crippen LogP contribution in [-0.4, -0.2) is 12.6 Å². The van der Waals surface area contributed by atoms with E-state index in [9.17, 15) is 4.79 Å². The minimum Gasteiger partial charge on any atom is -0.465 e. The fraction of sp³-hybridized carbons (Fsp3) is 0.950. The van der Waals surface area contributed by atoms with Crippen LogP contribution < -0.4 is 0 Å². The van der Waals surface area contributed by atoms with E-state index in [4.69, 9.17) is 4.74 Å². The van der Waals surface area contributed by atoms with Gasteiger partial charge in [0, 0.05) is 11.8 Å². The van der Waals surface area contributed by atoms with E-state index in [1.807, 2.05) is 0 Å². The minimum atomic E-state index is -0.00547. The highest BCUT2D eigenvalue weighted by Gasteiger charge is 2.34. The third kappa shape index (κ3) is 10.2. The first-order valence-electron chi connectivity index (χ1n) is 9.36. The fourth-order valence-corrected chi connectivity index (χ4v) is 3.85. The molecule has 0 atom stereocenters. The van der Waals surface area contributed by atoms with Crippen LogP contribution >= 0.6 is 0 Å². The number of hydrogen-bond donors (Lipinski definition) is 0. The Labute approximate surface area is 139 Å². The fourth-order valence-electron chi connectivity index (χ4n) is 3.85. The van der Waals surface area contributed by atoms with Crippen molar-refractivity contribution in [1.29, 1.82) is 0 Å². The van der Waals surface area contributed by atoms with E-state index in [0.717, 1.165) is 38.5 Å². The van der Waals surface area contributed by atoms with Crippen LogP contribution in [0.25, 0.3) is 0 Å². The average molecular weight is 313 g/mol. The number of hydrogen-bond acceptors (Lipinski definition) is 2. The molecule has 0 aromatic heterocycles. The quantitative estimate of drug-likeness (QED) is 0.315. The van der Waals surface area contributed by atoms with Gasteiger partial charge < -0.3 is 4.74 Å². The molecule has 0 rings (SSSR count). The van der Waals surface area contributed by atoms with Gasteiger partial charge in [-0.05, 0) is 43.4 Å². The van der Waals surface area contributed by atoms with Crippen molar-refractivity contribution in [1.82, 2.24) is 0 Å². The maximum absolute atomic E-state index is 12.0. The lowest BCUT2D eigenvalue weighted by atomic mass is 9.70. The van der Waals surface area contributed by atoms with E-state index < -0.39 is 0 Å². The molecule has 0 spiro atoms. The summed E-state index contributed by atoms with van der Waals surface area (Å²) in [6, 6.07) is 0. The summed E-state index contributed by atoms with van der Waals surface area (Å²) in [7, 11) is 0. The molecule has 0 saturated carbocycles. The van der Waals surface area contributed by atoms with Gasteiger partial charge in [0.15, 0.2) is 0 Å². The summed E-state index contributed by atoms with van der Waals surface area (Å²) in [5, 5.41) is 0. The van der Waals surface area contributed by atoms with Gasteiger partial charge in [0.2, 0.25) is 0 Å². The summed E-state index contributed by atoms with van der Waals surface area (Å²) in [6.07, 6.45) is 7.23. The van der Waals surface area contributed by atoms with Gasteiger partial charge in [-0.2, -0.15) is 0 Å². The van der Waals surface area contributed by atoms with Gasteiger partial charge in [-0.3, -0.25) is 4.79 Å². The monoisotopic (exact) mass is 312 g/mol. The molecule has 0 aliphatic carbocycles. The van der Waals surface area contributed by atoms with Crippen molar-refractivity contribution in [3.63, 3.8) is 0 Å². The zero-order valence-corrected chi connectivity index (χ0v) is 16.2. The van der Waals surface area contributed by atoms with E-state index in [1.165, 1.54) is 0 Å². The van der Waals surface area contributed by atoms with Crippen LogP contribution in [0.5, 0.6) is 0 Å². The lowest BCUT2D eigenvalue weighted by Crippen LogP contribution is -2.33. The van der Waals surface area contributed by atoms with Crippen LogP contribution in [0.3, 0.4) is 0 Å². The SMILES string of the molecule is CCCCCC(=O)OCC(CC(C)C)(CC(C)C)CC(C)C. The Morgan fingerprint density at radius 2 is 1.32 bits per heavy atom. The molecule has 0 saturated heterocycles. The standard InChI is InChI=1S/C20H40O2/c1-8-9-10-11-19(21)22-15-20(12-16(2)3,13-17(4)5)14-18(6)7/h16-18H,8-15H2,1-7H3. The van der Waals surface area contributed by atoms with Crippen molar-refractivity contribution in [2.24, 2.45) is 23.2 Å². The molecule has 0 radical (unpaired) electrons. The summed E-state index contributed by atoms with van der Waals surface area (Å²) >= 11 is 0. The topological polar surface area (TPSA) is 26.3 Å². The smallest absolute Gasteiger partial charge is 0.305 e. The van der Waals surface area contributed by atoms with E-state index in [1.54, 1.807) is 0 Å². The van der Waals surface area contributed by atoms with Gasteiger partial charge in [-0.15, -0.1) is 0 Å². The summed E-state index contributed by atoms with van der Waals surface area (Å²) < 4.78 is 5.72. The zero-order chi connectivity index (χ0) is 17.2. The molecule has 0 aromatic carbocycles. The molecule has 0 aromatic rings. The van der Waals surface area contributed by atoms with Crippen LogP contribution in [0.1, 0.15) is 93.4 Å². The molecule has 0 unspecified atom stereocenters. The van der Waals surface area contributed by atoms with E-state index in [-0.39, 0.29) is 11.4 Å². The molecule has 0 fully saturated rings. The van der Waals surface area contributed by atoms with Crippen LogP contribution in [0.15, 0.2) is 0 Å². The van der Waals surface area contributed by atoms with E-state index in [0.29, 0.717) is 30.8 Å². The molecule has 2 nitrogen and oxygen atoms in total. The molecule has 0 amide bonds. The van der Waals surface area contributed by atoms with Gasteiger partial charge in [0.1, 0.15) is 0 Å². The van der Waals surface area contributed by atoms with Crippen molar-refractivity contribution < 1.29 is 9.53 Å². The van der Waals surface area contributed by atoms with Crippen molar-refractivity contribution in [2.75, 3.05) is 6.61 Å². The Hall–Kier alpha value is -0.530. The molecule has 2 heteroatoms. The Morgan fingerprint density at radius 3 is 1.68 bits per heavy atom. The van der Waals surface area contributed by atoms with Crippen molar-refractivity contribution in [3.8, 4) is 0 Å². The third-order valence-electron chi connectivity index (χ3n) is 4.05. The summed E-state index contributed by atoms with van der Waals surface area (Å²) in [5.41, 5.74) is 0.150. The Kier molecular flexibility index (Phi) is 10.8. The molecule has 22 heavy (non-hydrogen) atoms. The maximum atomic E-state index is 12.0. The predicted molar refractivity (Wildman–Crippen MR) is 95.9 cm³/mol. The van der Waals surface area contributed by atoms with Gasteiger partial charge in [0.25, 0.3) is 0 Å². The van der Waals surface area contributed by atoms with Gasteiger partial charge in [0.05, 0.1) is 6.61 Å². The van der Waals surface area contributed by atoms with Gasteiger partial charge in [-0.1, -0.05) is 61.3 Å². The minimum absolute atomic E-state index is 0.00547. The number of esters is 1. The van der Waals surface area contributed by atoms with Crippen molar-refractivity contribution in [2.45, 2.75) is 93.4 Å². The number of carbonyl (C=O) groups excluding carboxylic acids is 1. The van der Waals surface area contributed by atoms with Crippen LogP contribution in [0.2, 0.25) is 0 Å². The normalized spacial score (nSPS) is 12.5. The molecule has 0 aliphatic heterocycles. The maximum Gasteiger partial charge on any atom is 0.305 e. The average Bonchev–Trinajstić information content (AvgIpc) is 2.34. The molecular formula is C20H40O2. The molecule has 0 N–H and O–H groups in total. The molecular weight excluding hydrogens is 272 g/mol. The van der Waals surface area contributed by atoms with Crippen molar-refractivity contribution >= 4 is 5.97 Å². The second-order valence-corrected chi connectivity index (χ2v) is 8.41. The lowest BCUT2D eigenvalue weighted by Gasteiger charge is -2.38. The summed E-state index contributed by atoms with van der Waals surface area (Å²) in [4.78, 5) is 12.0. The highest BCUT2D eigenvalue weighted by Crippen LogP contribution is 2.40. The first-order chi connectivity index (χ1) is 10.2. The Bertz CT molecular complexity index is 266. The third-order valence-corrected chi connectivity index (χ3v) is 4.05. The zero-order valence-electron chi connectivity index (χ0n) is 16.2. The van der Waals surface area contributed by atoms with Crippen LogP contribution in [-0.2, 0) is 9.53 Å². The van der Waals surface area contributed by atoms with Gasteiger partial charge >= 0.3 is 5.97 Å². The highest BCUT2D eigenvalue weighted by molar-refractivity contribution is 5.69. The molecule has 0 heterocycles. The second-order valence-electron chi connectivity index (χ2n) is 8.41. The second kappa shape index (κ2) is 11.1. The predicted octanol–water partition coefficient (Wildman–Crippen LogP) is 6.23. The first kappa shape index (κ1) is 21.5. The number of ether oxygens (including phenoxy) is 1. The highest BCUT2D eigenvalue weighted by atomic mass is 16.5. The molecule has 0 aliphatic rings. The van der Waals surface area contributed by atoms with Crippen LogP contribution in [0, 0.1) is 23.2 Å². The largest absolute Gasteiger partial charge is 0.465 e. The summed E-state index contributed by atoms with van der Waals surface area (Å²) in [5.74, 6) is 1.90. The molecule has 132 valence electrons. The van der Waals surface area contributed by atoms with Crippen LogP contribution in [0.4, 0.5) is 0 Å². The lowest BCUT2D eigenvalue weighted by molar-refractivity contribution is -0.149. The van der Waals surface area contributed by atoms with E-state index >= 15 is 0 Å². The van der Waals surface area contributed by atoms with E-state index in [2.05, 4.69) is 48.5 Å². The number of carbonyl (C=O) groups is 1. The Morgan fingerprint density at radius 1 is 0.864 bits per heavy atom. The number of rotatable bonds is 12. The molecule has 0 bridgehead atoms. The number of unbranched alkanes of at least 4 members (excludes halogenated alkanes) is 2. The first-order valence-corrected chi connectivity index (χ1v) is 9.36. The Balaban J connectivity index is 4.76. The van der Waals surface area contributed by atoms with Gasteiger partial charge in [-0.25, -0.2) is 0 Å². The van der Waals surface area contributed by atoms with Crippen molar-refractivity contribution in [3.05, 3.63) is 0 Å². The summed E-state index contributed by atoms with van der Waals surface area (Å²) in [6.45, 7) is 16.4.